The maximum atomic E-state index is 12.4. The molecule has 9 aromatic heterocycles. The molecule has 25 nitrogen and oxygen atoms in total. The fourth-order valence-corrected chi connectivity index (χ4v) is 15.4. The van der Waals surface area contributed by atoms with Gasteiger partial charge in [0.25, 0.3) is 0 Å². The number of likely N-dealkylation sites (tertiary alicyclic amines) is 1. The molecule has 0 atom stereocenters. The van der Waals surface area contributed by atoms with Crippen LogP contribution in [0.5, 0.6) is 0 Å². The van der Waals surface area contributed by atoms with Gasteiger partial charge in [-0.15, -0.1) is 40.8 Å². The first kappa shape index (κ1) is 74.5. The number of hydrogen-bond acceptors (Lipinski definition) is 20. The van der Waals surface area contributed by atoms with E-state index in [1.807, 2.05) is 168 Å². The topological polar surface area (TPSA) is 255 Å². The molecule has 3 aliphatic heterocycles. The quantitative estimate of drug-likeness (QED) is 0.0821. The molecule has 552 valence electrons. The average Bonchev–Trinajstić information content (AvgIpc) is 1.61. The number of aryl methyl sites for hydroxylation is 3. The summed E-state index contributed by atoms with van der Waals surface area (Å²) in [4.78, 5) is 28.5. The predicted molar refractivity (Wildman–Crippen MR) is 421 cm³/mol. The molecule has 3 saturated heterocycles. The van der Waals surface area contributed by atoms with Gasteiger partial charge in [0, 0.05) is 119 Å². The molecular formula is C77H82Cl4N22O3S. The van der Waals surface area contributed by atoms with Crippen molar-refractivity contribution in [2.75, 3.05) is 105 Å². The maximum Gasteiger partial charge on any atom is 0.244 e. The lowest BCUT2D eigenvalue weighted by Gasteiger charge is -2.32. The summed E-state index contributed by atoms with van der Waals surface area (Å²) >= 11 is 26.9. The van der Waals surface area contributed by atoms with Crippen molar-refractivity contribution in [3.63, 3.8) is 0 Å². The van der Waals surface area contributed by atoms with E-state index < -0.39 is 9.84 Å². The highest BCUT2D eigenvalue weighted by molar-refractivity contribution is 7.90. The molecule has 0 radical (unpaired) electrons. The van der Waals surface area contributed by atoms with Crippen LogP contribution in [0.2, 0.25) is 20.1 Å². The Kier molecular flexibility index (Phi) is 23.3. The zero-order chi connectivity index (χ0) is 74.3. The summed E-state index contributed by atoms with van der Waals surface area (Å²) in [6.45, 7) is 18.0. The number of fused-ring (bicyclic) bond motifs is 4. The second-order valence-electron chi connectivity index (χ2n) is 27.4. The number of rotatable bonds is 17. The van der Waals surface area contributed by atoms with Crippen LogP contribution >= 0.6 is 46.4 Å². The minimum absolute atomic E-state index is 0.00756. The van der Waals surface area contributed by atoms with E-state index in [1.165, 1.54) is 6.26 Å². The minimum Gasteiger partial charge on any atom is -0.341 e. The number of aromatic nitrogens is 17. The number of likely N-dealkylation sites (N-methyl/N-ethyl adjacent to an activating group) is 2. The number of piperazine rings is 2. The Labute approximate surface area is 640 Å². The maximum absolute atomic E-state index is 12.4. The number of halogens is 4. The van der Waals surface area contributed by atoms with Crippen molar-refractivity contribution in [1.29, 1.82) is 0 Å². The molecule has 4 fully saturated rings. The number of nitrogens with zero attached hydrogens (tertiary/aromatic N) is 22. The minimum atomic E-state index is -3.09. The van der Waals surface area contributed by atoms with Gasteiger partial charge in [-0.25, -0.2) is 27.1 Å². The molecule has 0 N–H and O–H groups in total. The Morgan fingerprint density at radius 3 is 1.23 bits per heavy atom. The van der Waals surface area contributed by atoms with Crippen LogP contribution in [0.25, 0.3) is 101 Å². The molecule has 13 aromatic rings. The summed E-state index contributed by atoms with van der Waals surface area (Å²) in [7, 11) is 1.25. The van der Waals surface area contributed by atoms with Crippen molar-refractivity contribution in [1.82, 2.24) is 109 Å². The molecule has 1 saturated carbocycles. The Bertz CT molecular complexity index is 5380. The van der Waals surface area contributed by atoms with Crippen LogP contribution < -0.4 is 0 Å². The van der Waals surface area contributed by atoms with Crippen LogP contribution in [0, 0.1) is 13.8 Å². The molecule has 17 rings (SSSR count). The highest BCUT2D eigenvalue weighted by Crippen LogP contribution is 2.46. The Morgan fingerprint density at radius 2 is 0.804 bits per heavy atom. The van der Waals surface area contributed by atoms with E-state index in [-0.39, 0.29) is 24.7 Å². The molecular weight excluding hydrogens is 1450 g/mol. The lowest BCUT2D eigenvalue weighted by atomic mass is 10.1. The van der Waals surface area contributed by atoms with E-state index >= 15 is 0 Å². The first-order chi connectivity index (χ1) is 51.9. The van der Waals surface area contributed by atoms with Crippen molar-refractivity contribution < 1.29 is 13.2 Å². The molecule has 30 heteroatoms. The number of pyridine rings is 1. The largest absolute Gasteiger partial charge is 0.341 e. The van der Waals surface area contributed by atoms with E-state index in [4.69, 9.17) is 51.5 Å². The molecule has 4 aliphatic rings. The zero-order valence-electron chi connectivity index (χ0n) is 60.3. The van der Waals surface area contributed by atoms with Gasteiger partial charge in [0.15, 0.2) is 22.6 Å². The molecule has 12 heterocycles. The van der Waals surface area contributed by atoms with Crippen LogP contribution in [0.1, 0.15) is 48.7 Å². The van der Waals surface area contributed by atoms with E-state index in [0.29, 0.717) is 65.7 Å². The highest BCUT2D eigenvalue weighted by Gasteiger charge is 2.33. The van der Waals surface area contributed by atoms with Crippen LogP contribution in [0.4, 0.5) is 0 Å². The first-order valence-corrected chi connectivity index (χ1v) is 39.5. The van der Waals surface area contributed by atoms with Crippen molar-refractivity contribution in [2.45, 2.75) is 71.6 Å². The molecule has 4 aromatic carbocycles. The fourth-order valence-electron chi connectivity index (χ4n) is 13.5. The predicted octanol–water partition coefficient (Wildman–Crippen LogP) is 12.3. The Morgan fingerprint density at radius 1 is 0.421 bits per heavy atom. The average molecular weight is 1540 g/mol. The lowest BCUT2D eigenvalue weighted by molar-refractivity contribution is -0.130. The number of amides is 1. The summed E-state index contributed by atoms with van der Waals surface area (Å²) in [6.07, 6.45) is 7.25. The monoisotopic (exact) mass is 1530 g/mol. The van der Waals surface area contributed by atoms with Crippen LogP contribution in [0.15, 0.2) is 146 Å². The molecule has 0 unspecified atom stereocenters. The Balaban J connectivity index is 0.000000120. The first-order valence-electron chi connectivity index (χ1n) is 36.0. The van der Waals surface area contributed by atoms with Gasteiger partial charge in [0.05, 0.1) is 89.8 Å². The SMILES string of the molecule is CN1CCN(CCn2nc(-c3ccccn3)c3c(Cl)c(-c4ccccc4)nnc32)CC1.CS(=O)(=O)CCn1nc(C2CC2)c2c(Cl)c(-c3ccccc3)nnc21.Cc1nn(CC(=O)N2CCCC2)c2nnc(-c3ccccc3)c(Cl)c12.Cc1nn(CCN2CCN(C)CC2)c2nnc(-c3ccccc3)c(Cl)c12. The summed E-state index contributed by atoms with van der Waals surface area (Å²) in [6, 6.07) is 45.0. The van der Waals surface area contributed by atoms with Gasteiger partial charge in [-0.1, -0.05) is 174 Å². The molecule has 1 amide bonds. The summed E-state index contributed by atoms with van der Waals surface area (Å²) in [5.41, 5.74) is 13.0. The van der Waals surface area contributed by atoms with Crippen molar-refractivity contribution in [3.8, 4) is 56.4 Å². The van der Waals surface area contributed by atoms with E-state index in [1.54, 1.807) is 15.6 Å². The van der Waals surface area contributed by atoms with E-state index in [2.05, 4.69) is 94.8 Å². The van der Waals surface area contributed by atoms with Gasteiger partial charge in [-0.3, -0.25) is 19.6 Å². The van der Waals surface area contributed by atoms with Crippen LogP contribution in [-0.4, -0.2) is 228 Å². The summed E-state index contributed by atoms with van der Waals surface area (Å²) in [5.74, 6) is 0.437. The molecule has 1 aliphatic carbocycles. The second kappa shape index (κ2) is 33.4. The van der Waals surface area contributed by atoms with Crippen molar-refractivity contribution >= 4 is 106 Å². The van der Waals surface area contributed by atoms with Gasteiger partial charge in [0.2, 0.25) is 5.91 Å². The zero-order valence-corrected chi connectivity index (χ0v) is 64.1. The third-order valence-electron chi connectivity index (χ3n) is 19.7. The van der Waals surface area contributed by atoms with Gasteiger partial charge in [0.1, 0.15) is 44.9 Å². The van der Waals surface area contributed by atoms with E-state index in [9.17, 15) is 13.2 Å². The third-order valence-corrected chi connectivity index (χ3v) is 22.1. The van der Waals surface area contributed by atoms with E-state index in [0.717, 1.165) is 195 Å². The standard InChI is InChI=1S/C23H24ClN7.C19H23ClN6.C18H18ClN5O.C17H17ClN4O2S/c1-29-11-13-30(14-12-29)15-16-31-23-19(22(28-31)18-9-5-6-10-25-18)20(24)21(26-27-23)17-7-3-2-4-8-17;1-14-16-17(20)18(15-6-4-3-5-7-15)21-22-19(16)26(23-14)13-12-25-10-8-24(2)9-11-25;1-12-15-16(19)17(13-7-3-2-4-8-13)20-21-18(15)24(22-12)11-14(25)23-9-5-6-10-23;1-25(23,24)10-9-22-17-13(15(21-22)12-7-8-12)14(18)16(19-20-17)11-5-3-2-4-6-11/h2-10H,11-16H2,1H3;3-7H,8-13H2,1-2H3;2-4,7-8H,5-6,9-11H2,1H3;2-6,12H,7-10H2,1H3. The Hall–Kier alpha value is -9.35. The summed E-state index contributed by atoms with van der Waals surface area (Å²) < 4.78 is 30.1. The number of sulfone groups is 1. The number of carbonyl (C=O) groups is 1. The molecule has 0 spiro atoms. The number of hydrogen-bond donors (Lipinski definition) is 0. The second-order valence-corrected chi connectivity index (χ2v) is 31.2. The van der Waals surface area contributed by atoms with Gasteiger partial charge in [-0.05, 0) is 65.8 Å². The van der Waals surface area contributed by atoms with Gasteiger partial charge >= 0.3 is 0 Å². The lowest BCUT2D eigenvalue weighted by Crippen LogP contribution is -2.45. The summed E-state index contributed by atoms with van der Waals surface area (Å²) in [5, 5.41) is 59.2. The van der Waals surface area contributed by atoms with Crippen molar-refractivity contribution in [2.24, 2.45) is 0 Å². The van der Waals surface area contributed by atoms with Gasteiger partial charge in [-0.2, -0.15) is 20.4 Å². The fraction of sp³-hybridized carbons (Fsp3) is 0.351. The van der Waals surface area contributed by atoms with Crippen LogP contribution in [0.3, 0.4) is 0 Å². The third kappa shape index (κ3) is 17.2. The smallest absolute Gasteiger partial charge is 0.244 e. The highest BCUT2D eigenvalue weighted by atomic mass is 35.5. The molecule has 107 heavy (non-hydrogen) atoms. The normalized spacial score (nSPS) is 15.4. The van der Waals surface area contributed by atoms with Crippen molar-refractivity contribution in [3.05, 3.63) is 183 Å². The number of carbonyl (C=O) groups excluding carboxylic acids is 1. The molecule has 0 bridgehead atoms. The van der Waals surface area contributed by atoms with Gasteiger partial charge < -0.3 is 14.7 Å². The number of benzene rings is 4. The van der Waals surface area contributed by atoms with Crippen LogP contribution in [-0.2, 0) is 40.8 Å².